The SMILES string of the molecule is CCC(N)c1c[nH]cc1Cl. The number of halogens is 1. The van der Waals surface area contributed by atoms with E-state index in [4.69, 9.17) is 17.3 Å². The zero-order valence-electron chi connectivity index (χ0n) is 5.89. The average Bonchev–Trinajstić information content (AvgIpc) is 2.34. The number of hydrogen-bond acceptors (Lipinski definition) is 1. The van der Waals surface area contributed by atoms with Crippen molar-refractivity contribution in [3.8, 4) is 0 Å². The second-order valence-corrected chi connectivity index (χ2v) is 2.68. The fourth-order valence-corrected chi connectivity index (χ4v) is 1.12. The Morgan fingerprint density at radius 3 is 2.80 bits per heavy atom. The van der Waals surface area contributed by atoms with Crippen molar-refractivity contribution >= 4 is 11.6 Å². The minimum absolute atomic E-state index is 0.0683. The lowest BCUT2D eigenvalue weighted by Crippen LogP contribution is -2.07. The highest BCUT2D eigenvalue weighted by Crippen LogP contribution is 2.21. The first-order chi connectivity index (χ1) is 4.75. The Bertz CT molecular complexity index is 207. The van der Waals surface area contributed by atoms with Crippen molar-refractivity contribution < 1.29 is 0 Å². The van der Waals surface area contributed by atoms with E-state index in [1.165, 1.54) is 0 Å². The Morgan fingerprint density at radius 2 is 2.40 bits per heavy atom. The van der Waals surface area contributed by atoms with Gasteiger partial charge in [0.25, 0.3) is 0 Å². The summed E-state index contributed by atoms with van der Waals surface area (Å²) >= 11 is 5.80. The van der Waals surface area contributed by atoms with Crippen LogP contribution in [0, 0.1) is 0 Å². The highest BCUT2D eigenvalue weighted by molar-refractivity contribution is 6.31. The number of rotatable bonds is 2. The topological polar surface area (TPSA) is 41.8 Å². The van der Waals surface area contributed by atoms with Crippen LogP contribution in [0.15, 0.2) is 12.4 Å². The third-order valence-corrected chi connectivity index (χ3v) is 1.89. The zero-order valence-corrected chi connectivity index (χ0v) is 6.65. The number of aromatic nitrogens is 1. The normalized spacial score (nSPS) is 13.5. The van der Waals surface area contributed by atoms with Crippen molar-refractivity contribution in [3.63, 3.8) is 0 Å². The lowest BCUT2D eigenvalue weighted by molar-refractivity contribution is 0.700. The van der Waals surface area contributed by atoms with E-state index in [1.54, 1.807) is 6.20 Å². The maximum absolute atomic E-state index is 5.80. The number of hydrogen-bond donors (Lipinski definition) is 2. The number of nitrogens with two attached hydrogens (primary N) is 1. The fourth-order valence-electron chi connectivity index (χ4n) is 0.861. The van der Waals surface area contributed by atoms with Gasteiger partial charge in [0.1, 0.15) is 0 Å². The number of nitrogens with one attached hydrogen (secondary N) is 1. The lowest BCUT2D eigenvalue weighted by atomic mass is 10.1. The van der Waals surface area contributed by atoms with Crippen molar-refractivity contribution in [1.82, 2.24) is 4.98 Å². The van der Waals surface area contributed by atoms with Gasteiger partial charge in [-0.15, -0.1) is 0 Å². The Kier molecular flexibility index (Phi) is 2.35. The summed E-state index contributed by atoms with van der Waals surface area (Å²) in [6.45, 7) is 2.04. The summed E-state index contributed by atoms with van der Waals surface area (Å²) in [7, 11) is 0. The molecule has 0 saturated heterocycles. The smallest absolute Gasteiger partial charge is 0.0628 e. The van der Waals surface area contributed by atoms with Gasteiger partial charge in [-0.2, -0.15) is 0 Å². The predicted octanol–water partition coefficient (Wildman–Crippen LogP) is 2.08. The Hall–Kier alpha value is -0.470. The third-order valence-electron chi connectivity index (χ3n) is 1.56. The molecule has 0 spiro atoms. The third kappa shape index (κ3) is 1.33. The van der Waals surface area contributed by atoms with E-state index >= 15 is 0 Å². The molecule has 0 aromatic carbocycles. The molecular formula is C7H11ClN2. The van der Waals surface area contributed by atoms with Crippen LogP contribution in [0.1, 0.15) is 24.9 Å². The molecule has 0 amide bonds. The molecule has 3 heteroatoms. The molecule has 1 rings (SSSR count). The van der Waals surface area contributed by atoms with Gasteiger partial charge in [-0.05, 0) is 6.42 Å². The molecule has 56 valence electrons. The molecule has 0 aliphatic rings. The maximum atomic E-state index is 5.80. The first kappa shape index (κ1) is 7.63. The second-order valence-electron chi connectivity index (χ2n) is 2.27. The monoisotopic (exact) mass is 158 g/mol. The predicted molar refractivity (Wildman–Crippen MR) is 43.0 cm³/mol. The van der Waals surface area contributed by atoms with Crippen LogP contribution in [0.2, 0.25) is 5.02 Å². The Labute approximate surface area is 65.4 Å². The number of H-pyrrole nitrogens is 1. The molecule has 0 bridgehead atoms. The van der Waals surface area contributed by atoms with E-state index < -0.39 is 0 Å². The van der Waals surface area contributed by atoms with Crippen LogP contribution in [0.3, 0.4) is 0 Å². The molecule has 0 fully saturated rings. The van der Waals surface area contributed by atoms with E-state index in [-0.39, 0.29) is 6.04 Å². The molecule has 0 radical (unpaired) electrons. The van der Waals surface area contributed by atoms with E-state index in [9.17, 15) is 0 Å². The minimum Gasteiger partial charge on any atom is -0.366 e. The molecule has 1 atom stereocenters. The van der Waals surface area contributed by atoms with Crippen molar-refractivity contribution in [1.29, 1.82) is 0 Å². The van der Waals surface area contributed by atoms with Crippen molar-refractivity contribution in [2.24, 2.45) is 5.73 Å². The van der Waals surface area contributed by atoms with Crippen LogP contribution in [0.5, 0.6) is 0 Å². The lowest BCUT2D eigenvalue weighted by Gasteiger charge is -2.05. The molecular weight excluding hydrogens is 148 g/mol. The van der Waals surface area contributed by atoms with Gasteiger partial charge in [-0.3, -0.25) is 0 Å². The van der Waals surface area contributed by atoms with Crippen molar-refractivity contribution in [2.45, 2.75) is 19.4 Å². The van der Waals surface area contributed by atoms with Crippen LogP contribution in [0.4, 0.5) is 0 Å². The van der Waals surface area contributed by atoms with E-state index in [0.717, 1.165) is 17.0 Å². The van der Waals surface area contributed by atoms with Crippen molar-refractivity contribution in [3.05, 3.63) is 23.0 Å². The van der Waals surface area contributed by atoms with Crippen LogP contribution in [-0.4, -0.2) is 4.98 Å². The molecule has 1 heterocycles. The van der Waals surface area contributed by atoms with Gasteiger partial charge in [0.2, 0.25) is 0 Å². The molecule has 3 N–H and O–H groups in total. The van der Waals surface area contributed by atoms with E-state index in [2.05, 4.69) is 4.98 Å². The maximum Gasteiger partial charge on any atom is 0.0628 e. The number of aromatic amines is 1. The summed E-state index contributed by atoms with van der Waals surface area (Å²) in [6, 6.07) is 0.0683. The second kappa shape index (κ2) is 3.08. The van der Waals surface area contributed by atoms with Gasteiger partial charge >= 0.3 is 0 Å². The molecule has 1 unspecified atom stereocenters. The Morgan fingerprint density at radius 1 is 1.70 bits per heavy atom. The van der Waals surface area contributed by atoms with Crippen molar-refractivity contribution in [2.75, 3.05) is 0 Å². The van der Waals surface area contributed by atoms with Gasteiger partial charge in [0, 0.05) is 24.0 Å². The molecule has 1 aromatic rings. The summed E-state index contributed by atoms with van der Waals surface area (Å²) in [5.74, 6) is 0. The summed E-state index contributed by atoms with van der Waals surface area (Å²) in [5, 5.41) is 0.731. The van der Waals surface area contributed by atoms with Crippen LogP contribution < -0.4 is 5.73 Å². The first-order valence-corrected chi connectivity index (χ1v) is 3.71. The van der Waals surface area contributed by atoms with Gasteiger partial charge in [-0.1, -0.05) is 18.5 Å². The highest BCUT2D eigenvalue weighted by Gasteiger charge is 2.07. The Balaban J connectivity index is 2.82. The molecule has 0 aliphatic carbocycles. The largest absolute Gasteiger partial charge is 0.366 e. The highest BCUT2D eigenvalue weighted by atomic mass is 35.5. The van der Waals surface area contributed by atoms with Gasteiger partial charge < -0.3 is 10.7 Å². The summed E-state index contributed by atoms with van der Waals surface area (Å²) in [4.78, 5) is 2.90. The van der Waals surface area contributed by atoms with Crippen LogP contribution >= 0.6 is 11.6 Å². The standard InChI is InChI=1S/C7H11ClN2/c1-2-7(9)5-3-10-4-6(5)8/h3-4,7,10H,2,9H2,1H3. The summed E-state index contributed by atoms with van der Waals surface area (Å²) in [5.41, 5.74) is 6.74. The van der Waals surface area contributed by atoms with E-state index in [0.29, 0.717) is 0 Å². The molecule has 1 aromatic heterocycles. The first-order valence-electron chi connectivity index (χ1n) is 3.33. The molecule has 10 heavy (non-hydrogen) atoms. The molecule has 0 saturated carbocycles. The zero-order chi connectivity index (χ0) is 7.56. The molecule has 2 nitrogen and oxygen atoms in total. The van der Waals surface area contributed by atoms with Crippen LogP contribution in [-0.2, 0) is 0 Å². The minimum atomic E-state index is 0.0683. The average molecular weight is 159 g/mol. The van der Waals surface area contributed by atoms with E-state index in [1.807, 2.05) is 13.1 Å². The van der Waals surface area contributed by atoms with Gasteiger partial charge in [-0.25, -0.2) is 0 Å². The summed E-state index contributed by atoms with van der Waals surface area (Å²) in [6.07, 6.45) is 4.50. The fraction of sp³-hybridized carbons (Fsp3) is 0.429. The summed E-state index contributed by atoms with van der Waals surface area (Å²) < 4.78 is 0. The van der Waals surface area contributed by atoms with Crippen LogP contribution in [0.25, 0.3) is 0 Å². The molecule has 0 aliphatic heterocycles. The quantitative estimate of drug-likeness (QED) is 0.680. The van der Waals surface area contributed by atoms with Gasteiger partial charge in [0.05, 0.1) is 5.02 Å². The van der Waals surface area contributed by atoms with Gasteiger partial charge in [0.15, 0.2) is 0 Å².